The molecule has 0 fully saturated rings. The van der Waals surface area contributed by atoms with E-state index in [9.17, 15) is 14.3 Å². The van der Waals surface area contributed by atoms with Crippen LogP contribution in [-0.2, 0) is 4.79 Å². The van der Waals surface area contributed by atoms with E-state index in [2.05, 4.69) is 21.2 Å². The van der Waals surface area contributed by atoms with Gasteiger partial charge in [0.25, 0.3) is 0 Å². The van der Waals surface area contributed by atoms with Gasteiger partial charge >= 0.3 is 5.97 Å². The summed E-state index contributed by atoms with van der Waals surface area (Å²) in [5.74, 6) is -1.39. The summed E-state index contributed by atoms with van der Waals surface area (Å²) in [6, 6.07) is 12.2. The van der Waals surface area contributed by atoms with E-state index in [-0.39, 0.29) is 4.47 Å². The maximum atomic E-state index is 13.1. The molecule has 0 saturated carbocycles. The topological polar surface area (TPSA) is 49.3 Å². The SMILES string of the molecule is O=C(O)C(Nc1ccc(F)c(Br)c1)c1ccccc1. The molecule has 5 heteroatoms. The van der Waals surface area contributed by atoms with Crippen molar-refractivity contribution in [2.45, 2.75) is 6.04 Å². The van der Waals surface area contributed by atoms with Gasteiger partial charge in [-0.3, -0.25) is 0 Å². The second-order valence-electron chi connectivity index (χ2n) is 3.96. The predicted octanol–water partition coefficient (Wildman–Crippen LogP) is 3.83. The van der Waals surface area contributed by atoms with Crippen molar-refractivity contribution in [3.8, 4) is 0 Å². The Bertz CT molecular complexity index is 589. The van der Waals surface area contributed by atoms with Crippen LogP contribution in [0.3, 0.4) is 0 Å². The maximum absolute atomic E-state index is 13.1. The van der Waals surface area contributed by atoms with Crippen molar-refractivity contribution < 1.29 is 14.3 Å². The van der Waals surface area contributed by atoms with Crippen molar-refractivity contribution in [3.05, 3.63) is 64.4 Å². The highest BCUT2D eigenvalue weighted by atomic mass is 79.9. The molecule has 2 rings (SSSR count). The lowest BCUT2D eigenvalue weighted by atomic mass is 10.1. The van der Waals surface area contributed by atoms with Crippen LogP contribution >= 0.6 is 15.9 Å². The highest BCUT2D eigenvalue weighted by Gasteiger charge is 2.19. The molecule has 0 heterocycles. The summed E-state index contributed by atoms with van der Waals surface area (Å²) < 4.78 is 13.4. The molecule has 2 aromatic rings. The molecule has 19 heavy (non-hydrogen) atoms. The molecule has 0 aliphatic carbocycles. The first-order chi connectivity index (χ1) is 9.08. The number of aliphatic carboxylic acids is 1. The Labute approximate surface area is 118 Å². The van der Waals surface area contributed by atoms with Crippen molar-refractivity contribution in [3.63, 3.8) is 0 Å². The number of benzene rings is 2. The number of rotatable bonds is 4. The molecular formula is C14H11BrFNO2. The fraction of sp³-hybridized carbons (Fsp3) is 0.0714. The number of carboxylic acid groups (broad SMARTS) is 1. The molecule has 0 bridgehead atoms. The van der Waals surface area contributed by atoms with Crippen LogP contribution in [0.25, 0.3) is 0 Å². The zero-order valence-corrected chi connectivity index (χ0v) is 11.4. The summed E-state index contributed by atoms with van der Waals surface area (Å²) in [7, 11) is 0. The summed E-state index contributed by atoms with van der Waals surface area (Å²) in [6.07, 6.45) is 0. The molecule has 0 aromatic heterocycles. The number of carboxylic acids is 1. The third-order valence-electron chi connectivity index (χ3n) is 2.61. The van der Waals surface area contributed by atoms with Gasteiger partial charge in [0.2, 0.25) is 0 Å². The van der Waals surface area contributed by atoms with E-state index in [1.54, 1.807) is 24.3 Å². The first-order valence-corrected chi connectivity index (χ1v) is 6.36. The van der Waals surface area contributed by atoms with Crippen LogP contribution in [0, 0.1) is 5.82 Å². The molecule has 1 unspecified atom stereocenters. The third kappa shape index (κ3) is 3.32. The molecule has 2 aromatic carbocycles. The Morgan fingerprint density at radius 3 is 2.47 bits per heavy atom. The molecular weight excluding hydrogens is 313 g/mol. The zero-order chi connectivity index (χ0) is 13.8. The molecule has 0 aliphatic heterocycles. The lowest BCUT2D eigenvalue weighted by molar-refractivity contribution is -0.138. The van der Waals surface area contributed by atoms with Crippen LogP contribution in [0.1, 0.15) is 11.6 Å². The largest absolute Gasteiger partial charge is 0.479 e. The van der Waals surface area contributed by atoms with Crippen molar-refractivity contribution in [2.24, 2.45) is 0 Å². The number of halogens is 2. The zero-order valence-electron chi connectivity index (χ0n) is 9.81. The van der Waals surface area contributed by atoms with E-state index in [1.807, 2.05) is 6.07 Å². The Morgan fingerprint density at radius 2 is 1.89 bits per heavy atom. The van der Waals surface area contributed by atoms with Gasteiger partial charge in [0, 0.05) is 5.69 Å². The number of anilines is 1. The first-order valence-electron chi connectivity index (χ1n) is 5.57. The molecule has 0 spiro atoms. The number of carbonyl (C=O) groups is 1. The van der Waals surface area contributed by atoms with Crippen LogP contribution in [0.2, 0.25) is 0 Å². The highest BCUT2D eigenvalue weighted by Crippen LogP contribution is 2.24. The predicted molar refractivity (Wildman–Crippen MR) is 74.5 cm³/mol. The minimum absolute atomic E-state index is 0.287. The van der Waals surface area contributed by atoms with Crippen molar-refractivity contribution in [1.82, 2.24) is 0 Å². The molecule has 3 nitrogen and oxygen atoms in total. The first kappa shape index (κ1) is 13.5. The van der Waals surface area contributed by atoms with Gasteiger partial charge in [0.1, 0.15) is 5.82 Å². The normalized spacial score (nSPS) is 11.9. The Balaban J connectivity index is 2.27. The summed E-state index contributed by atoms with van der Waals surface area (Å²) in [5.41, 5.74) is 1.17. The van der Waals surface area contributed by atoms with Gasteiger partial charge in [-0.1, -0.05) is 30.3 Å². The maximum Gasteiger partial charge on any atom is 0.330 e. The lowest BCUT2D eigenvalue weighted by Gasteiger charge is -2.16. The highest BCUT2D eigenvalue weighted by molar-refractivity contribution is 9.10. The fourth-order valence-electron chi connectivity index (χ4n) is 1.69. The summed E-state index contributed by atoms with van der Waals surface area (Å²) in [6.45, 7) is 0. The van der Waals surface area contributed by atoms with Crippen LogP contribution < -0.4 is 5.32 Å². The van der Waals surface area contributed by atoms with Gasteiger partial charge in [0.15, 0.2) is 6.04 Å². The van der Waals surface area contributed by atoms with Gasteiger partial charge in [-0.05, 0) is 39.7 Å². The molecule has 0 radical (unpaired) electrons. The molecule has 0 aliphatic rings. The van der Waals surface area contributed by atoms with Gasteiger partial charge in [-0.15, -0.1) is 0 Å². The average Bonchev–Trinajstić information content (AvgIpc) is 2.40. The minimum atomic E-state index is -0.994. The second kappa shape index (κ2) is 5.84. The van der Waals surface area contributed by atoms with E-state index in [1.165, 1.54) is 18.2 Å². The minimum Gasteiger partial charge on any atom is -0.479 e. The van der Waals surface area contributed by atoms with Crippen molar-refractivity contribution >= 4 is 27.6 Å². The van der Waals surface area contributed by atoms with E-state index in [0.717, 1.165) is 0 Å². The number of nitrogens with one attached hydrogen (secondary N) is 1. The van der Waals surface area contributed by atoms with Crippen molar-refractivity contribution in [2.75, 3.05) is 5.32 Å². The summed E-state index contributed by atoms with van der Waals surface area (Å²) >= 11 is 3.07. The second-order valence-corrected chi connectivity index (χ2v) is 4.81. The Hall–Kier alpha value is -1.88. The smallest absolute Gasteiger partial charge is 0.330 e. The third-order valence-corrected chi connectivity index (χ3v) is 3.22. The quantitative estimate of drug-likeness (QED) is 0.899. The number of hydrogen-bond acceptors (Lipinski definition) is 2. The Morgan fingerprint density at radius 1 is 1.21 bits per heavy atom. The van der Waals surface area contributed by atoms with Crippen LogP contribution in [-0.4, -0.2) is 11.1 Å². The monoisotopic (exact) mass is 323 g/mol. The summed E-state index contributed by atoms with van der Waals surface area (Å²) in [5, 5.41) is 12.1. The average molecular weight is 324 g/mol. The van der Waals surface area contributed by atoms with Crippen molar-refractivity contribution in [1.29, 1.82) is 0 Å². The van der Waals surface area contributed by atoms with E-state index in [4.69, 9.17) is 0 Å². The van der Waals surface area contributed by atoms with Crippen LogP contribution in [0.4, 0.5) is 10.1 Å². The Kier molecular flexibility index (Phi) is 4.16. The summed E-state index contributed by atoms with van der Waals surface area (Å²) in [4.78, 5) is 11.3. The van der Waals surface area contributed by atoms with Gasteiger partial charge in [-0.25, -0.2) is 9.18 Å². The molecule has 2 N–H and O–H groups in total. The lowest BCUT2D eigenvalue weighted by Crippen LogP contribution is -2.20. The van der Waals surface area contributed by atoms with Crippen LogP contribution in [0.15, 0.2) is 53.0 Å². The number of hydrogen-bond donors (Lipinski definition) is 2. The van der Waals surface area contributed by atoms with Crippen LogP contribution in [0.5, 0.6) is 0 Å². The van der Waals surface area contributed by atoms with Gasteiger partial charge in [-0.2, -0.15) is 0 Å². The standard InChI is InChI=1S/C14H11BrFNO2/c15-11-8-10(6-7-12(11)16)17-13(14(18)19)9-4-2-1-3-5-9/h1-8,13,17H,(H,18,19). The van der Waals surface area contributed by atoms with E-state index in [0.29, 0.717) is 11.3 Å². The molecule has 0 saturated heterocycles. The molecule has 0 amide bonds. The van der Waals surface area contributed by atoms with Gasteiger partial charge in [0.05, 0.1) is 4.47 Å². The van der Waals surface area contributed by atoms with E-state index >= 15 is 0 Å². The fourth-order valence-corrected chi connectivity index (χ4v) is 2.06. The van der Waals surface area contributed by atoms with Gasteiger partial charge < -0.3 is 10.4 Å². The molecule has 1 atom stereocenters. The van der Waals surface area contributed by atoms with E-state index < -0.39 is 17.8 Å². The molecule has 98 valence electrons.